The summed E-state index contributed by atoms with van der Waals surface area (Å²) in [5.41, 5.74) is 0.626. The van der Waals surface area contributed by atoms with Gasteiger partial charge < -0.3 is 10.1 Å². The van der Waals surface area contributed by atoms with Crippen molar-refractivity contribution in [1.29, 1.82) is 0 Å². The van der Waals surface area contributed by atoms with Gasteiger partial charge in [0, 0.05) is 23.5 Å². The van der Waals surface area contributed by atoms with Crippen LogP contribution in [0.5, 0.6) is 5.75 Å². The number of nitrogens with one attached hydrogen (secondary N) is 1. The third kappa shape index (κ3) is 3.05. The molecule has 2 nitrogen and oxygen atoms in total. The van der Waals surface area contributed by atoms with E-state index < -0.39 is 0 Å². The highest BCUT2D eigenvalue weighted by atomic mass is 32.1. The maximum absolute atomic E-state index is 13.8. The van der Waals surface area contributed by atoms with Crippen LogP contribution in [0.1, 0.15) is 10.4 Å². The molecule has 4 heteroatoms. The van der Waals surface area contributed by atoms with Crippen molar-refractivity contribution in [3.63, 3.8) is 0 Å². The van der Waals surface area contributed by atoms with Gasteiger partial charge in [-0.1, -0.05) is 18.2 Å². The average Bonchev–Trinajstić information content (AvgIpc) is 2.84. The Kier molecular flexibility index (Phi) is 4.12. The van der Waals surface area contributed by atoms with Crippen molar-refractivity contribution in [3.05, 3.63) is 52.0 Å². The molecule has 2 rings (SSSR count). The number of benzene rings is 1. The molecule has 0 aliphatic rings. The lowest BCUT2D eigenvalue weighted by molar-refractivity contribution is 0.383. The fourth-order valence-electron chi connectivity index (χ4n) is 1.58. The first-order chi connectivity index (χ1) is 8.31. The van der Waals surface area contributed by atoms with Crippen molar-refractivity contribution >= 4 is 11.3 Å². The van der Waals surface area contributed by atoms with E-state index in [1.807, 2.05) is 11.4 Å². The third-order valence-electron chi connectivity index (χ3n) is 2.46. The van der Waals surface area contributed by atoms with Crippen LogP contribution in [0.3, 0.4) is 0 Å². The third-order valence-corrected chi connectivity index (χ3v) is 3.33. The molecule has 0 atom stereocenters. The predicted molar refractivity (Wildman–Crippen MR) is 67.8 cm³/mol. The van der Waals surface area contributed by atoms with Crippen LogP contribution in [0, 0.1) is 5.82 Å². The maximum Gasteiger partial charge on any atom is 0.169 e. The second-order valence-corrected chi connectivity index (χ2v) is 4.65. The molecule has 1 aromatic carbocycles. The molecule has 0 aliphatic heterocycles. The molecule has 1 heterocycles. The van der Waals surface area contributed by atoms with E-state index in [0.717, 1.165) is 6.54 Å². The molecule has 1 aromatic heterocycles. The van der Waals surface area contributed by atoms with E-state index in [1.54, 1.807) is 29.5 Å². The fourth-order valence-corrected chi connectivity index (χ4v) is 2.26. The lowest BCUT2D eigenvalue weighted by Crippen LogP contribution is -2.13. The number of thiophene rings is 1. The molecular formula is C13H14FNOS. The number of ether oxygens (including phenoxy) is 1. The first kappa shape index (κ1) is 12.1. The Morgan fingerprint density at radius 1 is 1.24 bits per heavy atom. The summed E-state index contributed by atoms with van der Waals surface area (Å²) in [7, 11) is 1.47. The Bertz CT molecular complexity index is 470. The fraction of sp³-hybridized carbons (Fsp3) is 0.231. The summed E-state index contributed by atoms with van der Waals surface area (Å²) >= 11 is 1.69. The predicted octanol–water partition coefficient (Wildman–Crippen LogP) is 3.19. The Hall–Kier alpha value is -1.39. The number of methoxy groups -OCH3 is 1. The Morgan fingerprint density at radius 2 is 2.12 bits per heavy atom. The van der Waals surface area contributed by atoms with E-state index in [-0.39, 0.29) is 5.82 Å². The minimum atomic E-state index is -0.284. The zero-order valence-corrected chi connectivity index (χ0v) is 10.4. The lowest BCUT2D eigenvalue weighted by atomic mass is 10.2. The quantitative estimate of drug-likeness (QED) is 0.881. The second kappa shape index (κ2) is 5.80. The molecule has 0 amide bonds. The van der Waals surface area contributed by atoms with Gasteiger partial charge in [-0.3, -0.25) is 0 Å². The summed E-state index contributed by atoms with van der Waals surface area (Å²) in [4.78, 5) is 1.24. The summed E-state index contributed by atoms with van der Waals surface area (Å²) in [6.07, 6.45) is 0. The second-order valence-electron chi connectivity index (χ2n) is 3.62. The van der Waals surface area contributed by atoms with Crippen LogP contribution in [0.2, 0.25) is 0 Å². The molecule has 0 saturated heterocycles. The first-order valence-corrected chi connectivity index (χ1v) is 6.23. The highest BCUT2D eigenvalue weighted by Gasteiger charge is 2.07. The molecule has 0 spiro atoms. The molecule has 1 N–H and O–H groups in total. The van der Waals surface area contributed by atoms with Crippen molar-refractivity contribution in [3.8, 4) is 5.75 Å². The van der Waals surface area contributed by atoms with E-state index in [4.69, 9.17) is 4.74 Å². The maximum atomic E-state index is 13.8. The SMILES string of the molecule is COc1cccc(CNCc2cccs2)c1F. The number of hydrogen-bond donors (Lipinski definition) is 1. The van der Waals surface area contributed by atoms with Crippen LogP contribution in [0.15, 0.2) is 35.7 Å². The van der Waals surface area contributed by atoms with E-state index in [1.165, 1.54) is 12.0 Å². The largest absolute Gasteiger partial charge is 0.494 e. The normalized spacial score (nSPS) is 10.5. The Morgan fingerprint density at radius 3 is 2.82 bits per heavy atom. The monoisotopic (exact) mass is 251 g/mol. The Labute approximate surface area is 104 Å². The molecule has 0 saturated carbocycles. The van der Waals surface area contributed by atoms with Crippen LogP contribution in [-0.4, -0.2) is 7.11 Å². The number of hydrogen-bond acceptors (Lipinski definition) is 3. The molecular weight excluding hydrogens is 237 g/mol. The van der Waals surface area contributed by atoms with Gasteiger partial charge >= 0.3 is 0 Å². The molecule has 0 fully saturated rings. The van der Waals surface area contributed by atoms with Gasteiger partial charge in [0.1, 0.15) is 0 Å². The number of rotatable bonds is 5. The standard InChI is InChI=1S/C13H14FNOS/c1-16-12-6-2-4-10(13(12)14)8-15-9-11-5-3-7-17-11/h2-7,15H,8-9H2,1H3. The summed E-state index contributed by atoms with van der Waals surface area (Å²) in [6.45, 7) is 1.26. The van der Waals surface area contributed by atoms with Crippen molar-refractivity contribution in [2.45, 2.75) is 13.1 Å². The van der Waals surface area contributed by atoms with Gasteiger partial charge in [-0.2, -0.15) is 0 Å². The minimum absolute atomic E-state index is 0.284. The van der Waals surface area contributed by atoms with Crippen molar-refractivity contribution < 1.29 is 9.13 Å². The Balaban J connectivity index is 1.95. The minimum Gasteiger partial charge on any atom is -0.494 e. The van der Waals surface area contributed by atoms with Crippen molar-refractivity contribution in [2.24, 2.45) is 0 Å². The van der Waals surface area contributed by atoms with E-state index >= 15 is 0 Å². The van der Waals surface area contributed by atoms with E-state index in [2.05, 4.69) is 11.4 Å². The highest BCUT2D eigenvalue weighted by molar-refractivity contribution is 7.09. The molecule has 0 unspecified atom stereocenters. The van der Waals surface area contributed by atoms with E-state index in [0.29, 0.717) is 17.9 Å². The van der Waals surface area contributed by atoms with Gasteiger partial charge in [-0.15, -0.1) is 11.3 Å². The van der Waals surface area contributed by atoms with Gasteiger partial charge in [0.25, 0.3) is 0 Å². The zero-order chi connectivity index (χ0) is 12.1. The topological polar surface area (TPSA) is 21.3 Å². The van der Waals surface area contributed by atoms with Crippen LogP contribution in [0.4, 0.5) is 4.39 Å². The summed E-state index contributed by atoms with van der Waals surface area (Å²) in [5, 5.41) is 5.24. The van der Waals surface area contributed by atoms with E-state index in [9.17, 15) is 4.39 Å². The van der Waals surface area contributed by atoms with Crippen LogP contribution >= 0.6 is 11.3 Å². The molecule has 0 radical (unpaired) electrons. The van der Waals surface area contributed by atoms with Gasteiger partial charge in [-0.25, -0.2) is 4.39 Å². The van der Waals surface area contributed by atoms with Gasteiger partial charge in [0.05, 0.1) is 7.11 Å². The van der Waals surface area contributed by atoms with Gasteiger partial charge in [-0.05, 0) is 17.5 Å². The zero-order valence-electron chi connectivity index (χ0n) is 9.57. The average molecular weight is 251 g/mol. The van der Waals surface area contributed by atoms with Gasteiger partial charge in [0.15, 0.2) is 11.6 Å². The van der Waals surface area contributed by atoms with Crippen LogP contribution in [0.25, 0.3) is 0 Å². The molecule has 17 heavy (non-hydrogen) atoms. The van der Waals surface area contributed by atoms with Crippen LogP contribution < -0.4 is 10.1 Å². The summed E-state index contributed by atoms with van der Waals surface area (Å²) in [5.74, 6) is 0.00843. The highest BCUT2D eigenvalue weighted by Crippen LogP contribution is 2.19. The van der Waals surface area contributed by atoms with Crippen molar-refractivity contribution in [1.82, 2.24) is 5.32 Å². The molecule has 2 aromatic rings. The van der Waals surface area contributed by atoms with Crippen LogP contribution in [-0.2, 0) is 13.1 Å². The lowest BCUT2D eigenvalue weighted by Gasteiger charge is -2.08. The summed E-state index contributed by atoms with van der Waals surface area (Å²) < 4.78 is 18.7. The molecule has 0 aliphatic carbocycles. The summed E-state index contributed by atoms with van der Waals surface area (Å²) in [6, 6.07) is 9.24. The van der Waals surface area contributed by atoms with Gasteiger partial charge in [0.2, 0.25) is 0 Å². The smallest absolute Gasteiger partial charge is 0.169 e. The molecule has 90 valence electrons. The number of halogens is 1. The van der Waals surface area contributed by atoms with Crippen molar-refractivity contribution in [2.75, 3.05) is 7.11 Å². The first-order valence-electron chi connectivity index (χ1n) is 5.35. The molecule has 0 bridgehead atoms.